The van der Waals surface area contributed by atoms with E-state index in [4.69, 9.17) is 28.3 Å². The van der Waals surface area contributed by atoms with Crippen molar-refractivity contribution in [1.29, 1.82) is 0 Å². The van der Waals surface area contributed by atoms with Crippen LogP contribution in [-0.2, 0) is 9.59 Å². The van der Waals surface area contributed by atoms with Gasteiger partial charge >= 0.3 is 5.97 Å². The summed E-state index contributed by atoms with van der Waals surface area (Å²) in [4.78, 5) is 21.3. The lowest BCUT2D eigenvalue weighted by atomic mass is 10.3. The smallest absolute Gasteiger partial charge is 0.328 e. The zero-order chi connectivity index (χ0) is 12.8. The first-order valence-corrected chi connectivity index (χ1v) is 5.16. The average molecular weight is 275 g/mol. The number of nitrogens with one attached hydrogen (secondary N) is 2. The van der Waals surface area contributed by atoms with Gasteiger partial charge in [0.15, 0.2) is 0 Å². The molecular weight excluding hydrogens is 267 g/mol. The molecule has 0 heterocycles. The molecule has 7 heteroatoms. The molecule has 1 amide bonds. The van der Waals surface area contributed by atoms with Crippen LogP contribution in [0, 0.1) is 0 Å². The van der Waals surface area contributed by atoms with Crippen molar-refractivity contribution in [2.45, 2.75) is 0 Å². The van der Waals surface area contributed by atoms with Gasteiger partial charge in [-0.1, -0.05) is 23.2 Å². The van der Waals surface area contributed by atoms with Crippen LogP contribution in [0.15, 0.2) is 30.4 Å². The molecule has 90 valence electrons. The van der Waals surface area contributed by atoms with Crippen molar-refractivity contribution in [3.05, 3.63) is 40.4 Å². The Morgan fingerprint density at radius 3 is 2.53 bits per heavy atom. The maximum absolute atomic E-state index is 11.1. The predicted molar refractivity (Wildman–Crippen MR) is 65.0 cm³/mol. The van der Waals surface area contributed by atoms with E-state index in [1.54, 1.807) is 12.1 Å². The highest BCUT2D eigenvalue weighted by Crippen LogP contribution is 2.24. The summed E-state index contributed by atoms with van der Waals surface area (Å²) in [5.41, 5.74) is 5.23. The lowest BCUT2D eigenvalue weighted by Crippen LogP contribution is -2.27. The van der Waals surface area contributed by atoms with Gasteiger partial charge in [-0.15, -0.1) is 0 Å². The van der Waals surface area contributed by atoms with Crippen LogP contribution in [-0.4, -0.2) is 17.0 Å². The molecule has 0 aliphatic rings. The van der Waals surface area contributed by atoms with E-state index in [-0.39, 0.29) is 0 Å². The maximum Gasteiger partial charge on any atom is 0.328 e. The number of benzene rings is 1. The summed E-state index contributed by atoms with van der Waals surface area (Å²) in [7, 11) is 0. The standard InChI is InChI=1S/C10H8Cl2N2O3/c11-6-1-2-8(7(12)5-6)13-14-9(15)3-4-10(16)17/h1-5,13H,(H,14,15)(H,16,17)/b4-3+. The Balaban J connectivity index is 2.56. The summed E-state index contributed by atoms with van der Waals surface area (Å²) in [5, 5.41) is 9.10. The van der Waals surface area contributed by atoms with E-state index in [0.717, 1.165) is 12.2 Å². The Bertz CT molecular complexity index is 475. The fourth-order valence-corrected chi connectivity index (χ4v) is 1.36. The number of hydrogen-bond acceptors (Lipinski definition) is 3. The van der Waals surface area contributed by atoms with E-state index in [0.29, 0.717) is 15.7 Å². The minimum absolute atomic E-state index is 0.333. The average Bonchev–Trinajstić information content (AvgIpc) is 2.25. The summed E-state index contributed by atoms with van der Waals surface area (Å²) < 4.78 is 0. The molecular formula is C10H8Cl2N2O3. The molecule has 1 aromatic carbocycles. The van der Waals surface area contributed by atoms with Crippen molar-refractivity contribution >= 4 is 40.8 Å². The van der Waals surface area contributed by atoms with Crippen LogP contribution >= 0.6 is 23.2 Å². The minimum Gasteiger partial charge on any atom is -0.478 e. The molecule has 0 unspecified atom stereocenters. The normalized spacial score (nSPS) is 10.2. The number of amides is 1. The molecule has 0 atom stereocenters. The molecule has 0 spiro atoms. The van der Waals surface area contributed by atoms with Crippen molar-refractivity contribution in [1.82, 2.24) is 5.43 Å². The van der Waals surface area contributed by atoms with Gasteiger partial charge in [-0.05, 0) is 18.2 Å². The Morgan fingerprint density at radius 1 is 1.24 bits per heavy atom. The second-order valence-corrected chi connectivity index (χ2v) is 3.75. The number of aliphatic carboxylic acids is 1. The fraction of sp³-hybridized carbons (Fsp3) is 0. The first kappa shape index (κ1) is 13.3. The number of rotatable bonds is 4. The highest BCUT2D eigenvalue weighted by molar-refractivity contribution is 6.36. The second-order valence-electron chi connectivity index (χ2n) is 2.91. The number of hydrogen-bond donors (Lipinski definition) is 3. The summed E-state index contributed by atoms with van der Waals surface area (Å²) >= 11 is 11.5. The molecule has 0 aromatic heterocycles. The van der Waals surface area contributed by atoms with Gasteiger partial charge in [-0.3, -0.25) is 15.6 Å². The van der Waals surface area contributed by atoms with Crippen LogP contribution < -0.4 is 10.9 Å². The highest BCUT2D eigenvalue weighted by Gasteiger charge is 2.01. The zero-order valence-electron chi connectivity index (χ0n) is 8.41. The van der Waals surface area contributed by atoms with E-state index in [1.165, 1.54) is 6.07 Å². The summed E-state index contributed by atoms with van der Waals surface area (Å²) in [6, 6.07) is 4.67. The molecule has 0 saturated heterocycles. The molecule has 0 aliphatic heterocycles. The van der Waals surface area contributed by atoms with Crippen LogP contribution in [0.5, 0.6) is 0 Å². The van der Waals surface area contributed by atoms with Gasteiger partial charge in [0, 0.05) is 17.2 Å². The van der Waals surface area contributed by atoms with Gasteiger partial charge in [-0.2, -0.15) is 0 Å². The van der Waals surface area contributed by atoms with Crippen molar-refractivity contribution in [2.75, 3.05) is 5.43 Å². The molecule has 5 nitrogen and oxygen atoms in total. The third-order valence-electron chi connectivity index (χ3n) is 1.63. The van der Waals surface area contributed by atoms with E-state index in [2.05, 4.69) is 10.9 Å². The Morgan fingerprint density at radius 2 is 1.94 bits per heavy atom. The SMILES string of the molecule is O=C(O)/C=C/C(=O)NNc1ccc(Cl)cc1Cl. The number of halogens is 2. The molecule has 1 aromatic rings. The molecule has 1 rings (SSSR count). The first-order chi connectivity index (χ1) is 7.99. The number of carbonyl (C=O) groups excluding carboxylic acids is 1. The monoisotopic (exact) mass is 274 g/mol. The predicted octanol–water partition coefficient (Wildman–Crippen LogP) is 2.08. The van der Waals surface area contributed by atoms with Gasteiger partial charge in [0.05, 0.1) is 10.7 Å². The molecule has 17 heavy (non-hydrogen) atoms. The highest BCUT2D eigenvalue weighted by atomic mass is 35.5. The zero-order valence-corrected chi connectivity index (χ0v) is 9.92. The third-order valence-corrected chi connectivity index (χ3v) is 2.18. The van der Waals surface area contributed by atoms with Crippen LogP contribution in [0.25, 0.3) is 0 Å². The number of carboxylic acid groups (broad SMARTS) is 1. The van der Waals surface area contributed by atoms with E-state index < -0.39 is 11.9 Å². The van der Waals surface area contributed by atoms with Gasteiger partial charge in [-0.25, -0.2) is 4.79 Å². The Hall–Kier alpha value is -1.72. The van der Waals surface area contributed by atoms with E-state index in [9.17, 15) is 9.59 Å². The van der Waals surface area contributed by atoms with E-state index >= 15 is 0 Å². The van der Waals surface area contributed by atoms with Crippen LogP contribution in [0.1, 0.15) is 0 Å². The maximum atomic E-state index is 11.1. The molecule has 0 bridgehead atoms. The number of carbonyl (C=O) groups is 2. The lowest BCUT2D eigenvalue weighted by molar-refractivity contribution is -0.131. The van der Waals surface area contributed by atoms with Crippen molar-refractivity contribution in [3.8, 4) is 0 Å². The molecule has 3 N–H and O–H groups in total. The number of hydrazine groups is 1. The molecule has 0 aliphatic carbocycles. The topological polar surface area (TPSA) is 78.4 Å². The van der Waals surface area contributed by atoms with Crippen molar-refractivity contribution in [2.24, 2.45) is 0 Å². The third kappa shape index (κ3) is 4.76. The number of anilines is 1. The lowest BCUT2D eigenvalue weighted by Gasteiger charge is -2.08. The van der Waals surface area contributed by atoms with Crippen molar-refractivity contribution < 1.29 is 14.7 Å². The molecule has 0 saturated carbocycles. The molecule has 0 radical (unpaired) electrons. The van der Waals surface area contributed by atoms with Crippen LogP contribution in [0.3, 0.4) is 0 Å². The van der Waals surface area contributed by atoms with Crippen LogP contribution in [0.4, 0.5) is 5.69 Å². The first-order valence-electron chi connectivity index (χ1n) is 4.41. The summed E-state index contributed by atoms with van der Waals surface area (Å²) in [5.74, 6) is -1.82. The van der Waals surface area contributed by atoms with E-state index in [1.807, 2.05) is 0 Å². The van der Waals surface area contributed by atoms with Gasteiger partial charge in [0.2, 0.25) is 0 Å². The van der Waals surface area contributed by atoms with Crippen molar-refractivity contribution in [3.63, 3.8) is 0 Å². The Kier molecular flexibility index (Phi) is 4.81. The molecule has 0 fully saturated rings. The number of carboxylic acids is 1. The van der Waals surface area contributed by atoms with Gasteiger partial charge < -0.3 is 5.11 Å². The summed E-state index contributed by atoms with van der Waals surface area (Å²) in [6.07, 6.45) is 1.60. The largest absolute Gasteiger partial charge is 0.478 e. The fourth-order valence-electron chi connectivity index (χ4n) is 0.908. The summed E-state index contributed by atoms with van der Waals surface area (Å²) in [6.45, 7) is 0. The Labute approximate surface area is 107 Å². The second kappa shape index (κ2) is 6.12. The quantitative estimate of drug-likeness (QED) is 0.580. The van der Waals surface area contributed by atoms with Gasteiger partial charge in [0.25, 0.3) is 5.91 Å². The van der Waals surface area contributed by atoms with Gasteiger partial charge in [0.1, 0.15) is 0 Å². The minimum atomic E-state index is -1.20. The van der Waals surface area contributed by atoms with Crippen LogP contribution in [0.2, 0.25) is 10.0 Å².